The van der Waals surface area contributed by atoms with Gasteiger partial charge in [0.15, 0.2) is 0 Å². The first-order chi connectivity index (χ1) is 6.59. The van der Waals surface area contributed by atoms with Crippen LogP contribution in [0.2, 0.25) is 0 Å². The highest BCUT2D eigenvalue weighted by Gasteiger charge is 2.17. The molecule has 1 aromatic heterocycles. The molecule has 0 saturated heterocycles. The van der Waals surface area contributed by atoms with Crippen LogP contribution in [-0.2, 0) is 6.42 Å². The summed E-state index contributed by atoms with van der Waals surface area (Å²) in [6.45, 7) is 4.30. The van der Waals surface area contributed by atoms with Gasteiger partial charge in [-0.3, -0.25) is 0 Å². The van der Waals surface area contributed by atoms with Crippen molar-refractivity contribution in [3.63, 3.8) is 0 Å². The molecule has 0 aliphatic carbocycles. The Morgan fingerprint density at radius 3 is 2.79 bits per heavy atom. The largest absolute Gasteiger partial charge is 0.481 e. The van der Waals surface area contributed by atoms with Crippen molar-refractivity contribution in [3.05, 3.63) is 23.9 Å². The van der Waals surface area contributed by atoms with Gasteiger partial charge < -0.3 is 10.1 Å². The average Bonchev–Trinajstić information content (AvgIpc) is 2.18. The first kappa shape index (κ1) is 11.0. The molecule has 0 spiro atoms. The molecule has 1 aromatic rings. The summed E-state index contributed by atoms with van der Waals surface area (Å²) in [7, 11) is 3.61. The van der Waals surface area contributed by atoms with E-state index in [2.05, 4.69) is 24.1 Å². The summed E-state index contributed by atoms with van der Waals surface area (Å²) in [6, 6.07) is 3.98. The first-order valence-corrected chi connectivity index (χ1v) is 4.76. The maximum atomic E-state index is 5.20. The van der Waals surface area contributed by atoms with Gasteiger partial charge in [0.25, 0.3) is 0 Å². The summed E-state index contributed by atoms with van der Waals surface area (Å²) in [5, 5.41) is 3.26. The Kier molecular flexibility index (Phi) is 3.47. The molecule has 0 bridgehead atoms. The quantitative estimate of drug-likeness (QED) is 0.791. The van der Waals surface area contributed by atoms with E-state index in [-0.39, 0.29) is 5.54 Å². The van der Waals surface area contributed by atoms with E-state index in [9.17, 15) is 0 Å². The maximum absolute atomic E-state index is 5.20. The molecule has 0 unspecified atom stereocenters. The lowest BCUT2D eigenvalue weighted by molar-refractivity contribution is 0.374. The number of pyridine rings is 1. The molecule has 78 valence electrons. The van der Waals surface area contributed by atoms with Crippen molar-refractivity contribution in [2.45, 2.75) is 25.8 Å². The molecule has 0 atom stereocenters. The molecule has 0 amide bonds. The molecule has 0 radical (unpaired) electrons. The summed E-state index contributed by atoms with van der Waals surface area (Å²) in [4.78, 5) is 4.17. The summed E-state index contributed by atoms with van der Waals surface area (Å²) < 4.78 is 5.20. The second kappa shape index (κ2) is 4.42. The van der Waals surface area contributed by atoms with Crippen LogP contribution in [-0.4, -0.2) is 24.7 Å². The van der Waals surface area contributed by atoms with E-state index in [1.165, 1.54) is 0 Å². The lowest BCUT2D eigenvalue weighted by Gasteiger charge is -2.24. The minimum Gasteiger partial charge on any atom is -0.481 e. The van der Waals surface area contributed by atoms with Gasteiger partial charge in [0.1, 0.15) is 0 Å². The monoisotopic (exact) mass is 194 g/mol. The van der Waals surface area contributed by atoms with Gasteiger partial charge in [-0.2, -0.15) is 0 Å². The zero-order valence-corrected chi connectivity index (χ0v) is 9.29. The van der Waals surface area contributed by atoms with Crippen LogP contribution in [0.5, 0.6) is 5.88 Å². The minimum atomic E-state index is 0.0658. The van der Waals surface area contributed by atoms with Crippen LogP contribution in [0.3, 0.4) is 0 Å². The lowest BCUT2D eigenvalue weighted by atomic mass is 9.96. The van der Waals surface area contributed by atoms with Gasteiger partial charge in [0.2, 0.25) is 5.88 Å². The smallest absolute Gasteiger partial charge is 0.216 e. The Labute approximate surface area is 85.5 Å². The first-order valence-electron chi connectivity index (χ1n) is 4.76. The van der Waals surface area contributed by atoms with Crippen LogP contribution >= 0.6 is 0 Å². The topological polar surface area (TPSA) is 34.2 Å². The van der Waals surface area contributed by atoms with E-state index in [0.29, 0.717) is 0 Å². The number of hydrogen-bond donors (Lipinski definition) is 1. The van der Waals surface area contributed by atoms with Crippen LogP contribution in [0.1, 0.15) is 19.4 Å². The van der Waals surface area contributed by atoms with Crippen LogP contribution in [0, 0.1) is 0 Å². The number of likely N-dealkylation sites (N-methyl/N-ethyl adjacent to an activating group) is 1. The molecule has 1 rings (SSSR count). The maximum Gasteiger partial charge on any atom is 0.216 e. The molecule has 0 aliphatic heterocycles. The van der Waals surface area contributed by atoms with Crippen molar-refractivity contribution in [1.82, 2.24) is 10.3 Å². The second-order valence-corrected chi connectivity index (χ2v) is 3.98. The minimum absolute atomic E-state index is 0.0658. The lowest BCUT2D eigenvalue weighted by Crippen LogP contribution is -2.38. The van der Waals surface area contributed by atoms with E-state index in [0.717, 1.165) is 17.9 Å². The van der Waals surface area contributed by atoms with Gasteiger partial charge in [-0.05, 0) is 33.4 Å². The predicted molar refractivity (Wildman–Crippen MR) is 57.6 cm³/mol. The highest BCUT2D eigenvalue weighted by Crippen LogP contribution is 2.19. The van der Waals surface area contributed by atoms with Crippen LogP contribution in [0.15, 0.2) is 18.3 Å². The van der Waals surface area contributed by atoms with Gasteiger partial charge in [-0.15, -0.1) is 0 Å². The van der Waals surface area contributed by atoms with Crippen molar-refractivity contribution in [1.29, 1.82) is 0 Å². The third kappa shape index (κ3) is 2.70. The molecule has 14 heavy (non-hydrogen) atoms. The Hall–Kier alpha value is -1.09. The van der Waals surface area contributed by atoms with E-state index in [1.807, 2.05) is 19.2 Å². The van der Waals surface area contributed by atoms with Crippen molar-refractivity contribution in [3.8, 4) is 5.88 Å². The zero-order chi connectivity index (χ0) is 10.6. The molecular weight excluding hydrogens is 176 g/mol. The van der Waals surface area contributed by atoms with E-state index >= 15 is 0 Å². The molecule has 0 aromatic carbocycles. The molecule has 0 saturated carbocycles. The van der Waals surface area contributed by atoms with E-state index < -0.39 is 0 Å². The molecule has 3 heteroatoms. The fourth-order valence-electron chi connectivity index (χ4n) is 1.31. The van der Waals surface area contributed by atoms with E-state index in [4.69, 9.17) is 4.74 Å². The molecule has 1 N–H and O–H groups in total. The number of rotatable bonds is 4. The molecule has 0 fully saturated rings. The van der Waals surface area contributed by atoms with Gasteiger partial charge >= 0.3 is 0 Å². The Bertz CT molecular complexity index is 297. The predicted octanol–water partition coefficient (Wildman–Crippen LogP) is 1.63. The van der Waals surface area contributed by atoms with Gasteiger partial charge in [0, 0.05) is 17.3 Å². The molecular formula is C11H18N2O. The SMILES string of the molecule is CNC(C)(C)Cc1cccnc1OC. The van der Waals surface area contributed by atoms with Crippen molar-refractivity contribution >= 4 is 0 Å². The Balaban J connectivity index is 2.85. The van der Waals surface area contributed by atoms with E-state index in [1.54, 1.807) is 13.3 Å². The number of hydrogen-bond acceptors (Lipinski definition) is 3. The zero-order valence-electron chi connectivity index (χ0n) is 9.29. The molecule has 1 heterocycles. The summed E-state index contributed by atoms with van der Waals surface area (Å²) in [5.74, 6) is 0.718. The molecule has 3 nitrogen and oxygen atoms in total. The van der Waals surface area contributed by atoms with Crippen LogP contribution in [0.4, 0.5) is 0 Å². The van der Waals surface area contributed by atoms with Crippen molar-refractivity contribution < 1.29 is 4.74 Å². The Morgan fingerprint density at radius 1 is 1.50 bits per heavy atom. The summed E-state index contributed by atoms with van der Waals surface area (Å²) in [6.07, 6.45) is 2.65. The van der Waals surface area contributed by atoms with Gasteiger partial charge in [-0.1, -0.05) is 6.07 Å². The normalized spacial score (nSPS) is 11.4. The number of methoxy groups -OCH3 is 1. The van der Waals surface area contributed by atoms with Crippen molar-refractivity contribution in [2.75, 3.05) is 14.2 Å². The highest BCUT2D eigenvalue weighted by atomic mass is 16.5. The summed E-state index contributed by atoms with van der Waals surface area (Å²) in [5.41, 5.74) is 1.20. The number of nitrogens with one attached hydrogen (secondary N) is 1. The van der Waals surface area contributed by atoms with Crippen molar-refractivity contribution in [2.24, 2.45) is 0 Å². The number of ether oxygens (including phenoxy) is 1. The average molecular weight is 194 g/mol. The fourth-order valence-corrected chi connectivity index (χ4v) is 1.31. The third-order valence-corrected chi connectivity index (χ3v) is 2.35. The number of nitrogens with zero attached hydrogens (tertiary/aromatic N) is 1. The van der Waals surface area contributed by atoms with Gasteiger partial charge in [-0.25, -0.2) is 4.98 Å². The van der Waals surface area contributed by atoms with Crippen LogP contribution < -0.4 is 10.1 Å². The standard InChI is InChI=1S/C11H18N2O/c1-11(2,12-3)8-9-6-5-7-13-10(9)14-4/h5-7,12H,8H2,1-4H3. The third-order valence-electron chi connectivity index (χ3n) is 2.35. The van der Waals surface area contributed by atoms with Crippen LogP contribution in [0.25, 0.3) is 0 Å². The summed E-state index contributed by atoms with van der Waals surface area (Å²) >= 11 is 0. The number of aromatic nitrogens is 1. The molecule has 0 aliphatic rings. The van der Waals surface area contributed by atoms with Gasteiger partial charge in [0.05, 0.1) is 7.11 Å². The second-order valence-electron chi connectivity index (χ2n) is 3.98. The fraction of sp³-hybridized carbons (Fsp3) is 0.545. The Morgan fingerprint density at radius 2 is 2.21 bits per heavy atom. The highest BCUT2D eigenvalue weighted by molar-refractivity contribution is 5.27.